The molecule has 1 aliphatic heterocycles. The van der Waals surface area contributed by atoms with Crippen molar-refractivity contribution in [3.05, 3.63) is 89.0 Å². The van der Waals surface area contributed by atoms with Gasteiger partial charge in [0.15, 0.2) is 11.5 Å². The van der Waals surface area contributed by atoms with E-state index in [0.717, 1.165) is 9.80 Å². The maximum absolute atomic E-state index is 13.5. The first kappa shape index (κ1) is 25.0. The van der Waals surface area contributed by atoms with Gasteiger partial charge in [0.2, 0.25) is 0 Å². The minimum absolute atomic E-state index is 0.141. The number of hydrogen-bond acceptors (Lipinski definition) is 5. The van der Waals surface area contributed by atoms with Crippen molar-refractivity contribution in [2.75, 3.05) is 16.4 Å². The van der Waals surface area contributed by atoms with Gasteiger partial charge < -0.3 is 9.47 Å². The number of anilines is 2. The lowest BCUT2D eigenvalue weighted by Crippen LogP contribution is -2.57. The maximum Gasteiger partial charge on any atom is 0.343 e. The normalized spacial score (nSPS) is 13.9. The molecular formula is C28H25ClN2O5. The molecule has 0 atom stereocenters. The highest BCUT2D eigenvalue weighted by atomic mass is 35.5. The molecule has 4 rings (SSSR count). The van der Waals surface area contributed by atoms with E-state index in [0.29, 0.717) is 35.0 Å². The molecule has 0 bridgehead atoms. The van der Waals surface area contributed by atoms with E-state index in [9.17, 15) is 14.4 Å². The monoisotopic (exact) mass is 504 g/mol. The highest BCUT2D eigenvalue weighted by Gasteiger charge is 2.43. The summed E-state index contributed by atoms with van der Waals surface area (Å²) in [5.41, 5.74) is 0.950. The number of urea groups is 1. The third kappa shape index (κ3) is 4.97. The molecule has 0 spiro atoms. The summed E-state index contributed by atoms with van der Waals surface area (Å²) in [4.78, 5) is 42.5. The number of ether oxygens (including phenoxy) is 2. The molecule has 36 heavy (non-hydrogen) atoms. The van der Waals surface area contributed by atoms with Crippen LogP contribution in [0, 0.1) is 0 Å². The van der Waals surface area contributed by atoms with E-state index in [4.69, 9.17) is 21.1 Å². The molecule has 0 saturated carbocycles. The van der Waals surface area contributed by atoms with Gasteiger partial charge in [-0.1, -0.05) is 48.0 Å². The minimum atomic E-state index is -0.756. The number of carbonyl (C=O) groups is 3. The SMILES string of the molecule is CCOc1cc(C=C2C(=O)N(c3ccccc3)C(=O)N(c3ccccc3)C2=O)cc(Cl)c1OC(C)C. The molecule has 1 heterocycles. The summed E-state index contributed by atoms with van der Waals surface area (Å²) in [5.74, 6) is -0.707. The lowest BCUT2D eigenvalue weighted by molar-refractivity contribution is -0.121. The average Bonchev–Trinajstić information content (AvgIpc) is 2.85. The molecule has 0 N–H and O–H groups in total. The van der Waals surface area contributed by atoms with E-state index in [-0.39, 0.29) is 16.7 Å². The number of amides is 4. The number of halogens is 1. The van der Waals surface area contributed by atoms with Gasteiger partial charge in [0.25, 0.3) is 11.8 Å². The number of para-hydroxylation sites is 2. The highest BCUT2D eigenvalue weighted by molar-refractivity contribution is 6.46. The summed E-state index contributed by atoms with van der Waals surface area (Å²) in [7, 11) is 0. The predicted octanol–water partition coefficient (Wildman–Crippen LogP) is 6.11. The van der Waals surface area contributed by atoms with Gasteiger partial charge in [0.1, 0.15) is 5.57 Å². The third-order valence-corrected chi connectivity index (χ3v) is 5.56. The zero-order valence-electron chi connectivity index (χ0n) is 20.1. The molecule has 7 nitrogen and oxygen atoms in total. The Morgan fingerprint density at radius 2 is 1.39 bits per heavy atom. The van der Waals surface area contributed by atoms with Crippen molar-refractivity contribution >= 4 is 46.9 Å². The maximum atomic E-state index is 13.5. The Balaban J connectivity index is 1.85. The summed E-state index contributed by atoms with van der Waals surface area (Å²) in [6, 6.07) is 19.4. The molecular weight excluding hydrogens is 480 g/mol. The van der Waals surface area contributed by atoms with Crippen LogP contribution in [0.2, 0.25) is 5.02 Å². The first-order chi connectivity index (χ1) is 17.3. The molecule has 1 saturated heterocycles. The Morgan fingerprint density at radius 1 is 0.861 bits per heavy atom. The number of imide groups is 2. The van der Waals surface area contributed by atoms with Crippen molar-refractivity contribution in [2.24, 2.45) is 0 Å². The van der Waals surface area contributed by atoms with Crippen LogP contribution >= 0.6 is 11.6 Å². The van der Waals surface area contributed by atoms with Crippen LogP contribution in [0.15, 0.2) is 78.4 Å². The van der Waals surface area contributed by atoms with Gasteiger partial charge >= 0.3 is 6.03 Å². The summed E-state index contributed by atoms with van der Waals surface area (Å²) in [5, 5.41) is 0.271. The second-order valence-electron chi connectivity index (χ2n) is 8.22. The van der Waals surface area contributed by atoms with Gasteiger partial charge in [-0.2, -0.15) is 0 Å². The summed E-state index contributed by atoms with van der Waals surface area (Å²) >= 11 is 6.50. The minimum Gasteiger partial charge on any atom is -0.490 e. The topological polar surface area (TPSA) is 76.2 Å². The molecule has 1 fully saturated rings. The molecule has 0 aliphatic carbocycles. The first-order valence-corrected chi connectivity index (χ1v) is 11.9. The number of hydrogen-bond donors (Lipinski definition) is 0. The summed E-state index contributed by atoms with van der Waals surface area (Å²) < 4.78 is 11.5. The molecule has 0 radical (unpaired) electrons. The van der Waals surface area contributed by atoms with Crippen molar-refractivity contribution < 1.29 is 23.9 Å². The standard InChI is InChI=1S/C28H25ClN2O5/c1-4-35-24-17-19(16-23(29)25(24)36-18(2)3)15-22-26(32)30(20-11-7-5-8-12-20)28(34)31(27(22)33)21-13-9-6-10-14-21/h5-18H,4H2,1-3H3. The van der Waals surface area contributed by atoms with Crippen LogP contribution in [0.4, 0.5) is 16.2 Å². The number of carbonyl (C=O) groups excluding carboxylic acids is 3. The van der Waals surface area contributed by atoms with E-state index >= 15 is 0 Å². The fourth-order valence-corrected chi connectivity index (χ4v) is 4.05. The van der Waals surface area contributed by atoms with Gasteiger partial charge in [0.05, 0.1) is 29.1 Å². The smallest absolute Gasteiger partial charge is 0.343 e. The van der Waals surface area contributed by atoms with Crippen molar-refractivity contribution in [1.82, 2.24) is 0 Å². The molecule has 184 valence electrons. The number of benzene rings is 3. The predicted molar refractivity (Wildman–Crippen MR) is 140 cm³/mol. The quantitative estimate of drug-likeness (QED) is 0.286. The van der Waals surface area contributed by atoms with Gasteiger partial charge in [0, 0.05) is 0 Å². The van der Waals surface area contributed by atoms with Gasteiger partial charge in [-0.25, -0.2) is 14.6 Å². The largest absolute Gasteiger partial charge is 0.490 e. The summed E-state index contributed by atoms with van der Waals surface area (Å²) in [6.07, 6.45) is 1.27. The first-order valence-electron chi connectivity index (χ1n) is 11.5. The summed E-state index contributed by atoms with van der Waals surface area (Å²) in [6.45, 7) is 5.93. The molecule has 8 heteroatoms. The molecule has 1 aliphatic rings. The van der Waals surface area contributed by atoms with Crippen LogP contribution in [-0.2, 0) is 9.59 Å². The van der Waals surface area contributed by atoms with Crippen LogP contribution < -0.4 is 19.3 Å². The van der Waals surface area contributed by atoms with Crippen molar-refractivity contribution in [3.63, 3.8) is 0 Å². The second kappa shape index (κ2) is 10.7. The molecule has 0 aromatic heterocycles. The van der Waals surface area contributed by atoms with Gasteiger partial charge in [-0.3, -0.25) is 9.59 Å². The molecule has 3 aromatic carbocycles. The zero-order chi connectivity index (χ0) is 25.8. The second-order valence-corrected chi connectivity index (χ2v) is 8.63. The van der Waals surface area contributed by atoms with Crippen LogP contribution in [0.3, 0.4) is 0 Å². The van der Waals surface area contributed by atoms with E-state index in [1.54, 1.807) is 72.8 Å². The number of rotatable bonds is 7. The lowest BCUT2D eigenvalue weighted by atomic mass is 10.0. The Hall–Kier alpha value is -4.10. The van der Waals surface area contributed by atoms with Gasteiger partial charge in [-0.05, 0) is 68.8 Å². The molecule has 4 amide bonds. The highest BCUT2D eigenvalue weighted by Crippen LogP contribution is 2.38. The Bertz CT molecular complexity index is 1260. The van der Waals surface area contributed by atoms with Crippen LogP contribution in [0.5, 0.6) is 11.5 Å². The Morgan fingerprint density at radius 3 is 1.86 bits per heavy atom. The van der Waals surface area contributed by atoms with Gasteiger partial charge in [-0.15, -0.1) is 0 Å². The lowest BCUT2D eigenvalue weighted by Gasteiger charge is -2.34. The van der Waals surface area contributed by atoms with Crippen LogP contribution in [-0.4, -0.2) is 30.6 Å². The van der Waals surface area contributed by atoms with Crippen molar-refractivity contribution in [2.45, 2.75) is 26.9 Å². The van der Waals surface area contributed by atoms with E-state index in [1.165, 1.54) is 6.08 Å². The van der Waals surface area contributed by atoms with E-state index in [1.807, 2.05) is 20.8 Å². The van der Waals surface area contributed by atoms with Crippen molar-refractivity contribution in [1.29, 1.82) is 0 Å². The van der Waals surface area contributed by atoms with Crippen LogP contribution in [0.25, 0.3) is 6.08 Å². The van der Waals surface area contributed by atoms with Crippen molar-refractivity contribution in [3.8, 4) is 11.5 Å². The number of barbiturate groups is 1. The Kier molecular flexibility index (Phi) is 7.41. The Labute approximate surface area is 214 Å². The average molecular weight is 505 g/mol. The third-order valence-electron chi connectivity index (χ3n) is 5.27. The zero-order valence-corrected chi connectivity index (χ0v) is 20.9. The van der Waals surface area contributed by atoms with E-state index < -0.39 is 17.8 Å². The number of nitrogens with zero attached hydrogens (tertiary/aromatic N) is 2. The van der Waals surface area contributed by atoms with E-state index in [2.05, 4.69) is 0 Å². The fraction of sp³-hybridized carbons (Fsp3) is 0.179. The van der Waals surface area contributed by atoms with Crippen LogP contribution in [0.1, 0.15) is 26.3 Å². The molecule has 0 unspecified atom stereocenters. The fourth-order valence-electron chi connectivity index (χ4n) is 3.79. The molecule has 3 aromatic rings.